The number of nitrogen functional groups attached to an aromatic ring is 1. The van der Waals surface area contributed by atoms with E-state index >= 15 is 0 Å². The first kappa shape index (κ1) is 15.2. The van der Waals surface area contributed by atoms with Crippen LogP contribution in [0.3, 0.4) is 0 Å². The molecular formula is C16H17ClFN5O2. The minimum Gasteiger partial charge on any atom is -0.368 e. The number of aromatic nitrogens is 2. The van der Waals surface area contributed by atoms with Gasteiger partial charge in [0.1, 0.15) is 5.82 Å². The Bertz CT molecular complexity index is 1020. The number of hydrogen-bond acceptors (Lipinski definition) is 5. The number of rotatable bonds is 2. The summed E-state index contributed by atoms with van der Waals surface area (Å²) in [5.41, 5.74) is 5.38. The smallest absolute Gasteiger partial charge is 0.350 e. The second kappa shape index (κ2) is 4.76. The molecule has 1 aromatic heterocycles. The second-order valence-corrected chi connectivity index (χ2v) is 7.84. The van der Waals surface area contributed by atoms with Gasteiger partial charge in [0.05, 0.1) is 28.0 Å². The monoisotopic (exact) mass is 365 g/mol. The van der Waals surface area contributed by atoms with E-state index in [1.807, 2.05) is 4.90 Å². The summed E-state index contributed by atoms with van der Waals surface area (Å²) in [5.74, 6) is 5.88. The molecule has 4 atom stereocenters. The normalized spacial score (nSPS) is 32.9. The second-order valence-electron chi connectivity index (χ2n) is 7.28. The maximum Gasteiger partial charge on any atom is 0.350 e. The average Bonchev–Trinajstić information content (AvgIpc) is 3.36. The number of piperidine rings is 1. The highest BCUT2D eigenvalue weighted by Crippen LogP contribution is 2.46. The molecule has 132 valence electrons. The predicted molar refractivity (Wildman–Crippen MR) is 93.0 cm³/mol. The molecule has 1 saturated heterocycles. The Morgan fingerprint density at radius 1 is 1.20 bits per heavy atom. The number of anilines is 1. The van der Waals surface area contributed by atoms with E-state index in [1.165, 1.54) is 10.6 Å². The first-order valence-corrected chi connectivity index (χ1v) is 8.72. The lowest BCUT2D eigenvalue weighted by atomic mass is 10.2. The van der Waals surface area contributed by atoms with Gasteiger partial charge in [-0.3, -0.25) is 9.36 Å². The Hall–Kier alpha value is -2.06. The molecule has 0 spiro atoms. The van der Waals surface area contributed by atoms with Gasteiger partial charge in [-0.25, -0.2) is 9.18 Å². The summed E-state index contributed by atoms with van der Waals surface area (Å²) < 4.78 is 16.6. The van der Waals surface area contributed by atoms with E-state index in [0.717, 1.165) is 0 Å². The van der Waals surface area contributed by atoms with Crippen molar-refractivity contribution in [2.24, 2.45) is 17.6 Å². The summed E-state index contributed by atoms with van der Waals surface area (Å²) in [6.45, 7) is 1.38. The molecule has 5 rings (SSSR count). The number of hydrogen-bond donors (Lipinski definition) is 2. The Labute approximate surface area is 146 Å². The van der Waals surface area contributed by atoms with Gasteiger partial charge in [0.2, 0.25) is 0 Å². The van der Waals surface area contributed by atoms with Gasteiger partial charge in [0.15, 0.2) is 0 Å². The minimum atomic E-state index is -0.709. The van der Waals surface area contributed by atoms with Crippen LogP contribution in [0.1, 0.15) is 12.5 Å². The quantitative estimate of drug-likeness (QED) is 0.575. The number of nitrogens with zero attached hydrogens (tertiary/aromatic N) is 3. The van der Waals surface area contributed by atoms with Crippen molar-refractivity contribution in [3.8, 4) is 0 Å². The van der Waals surface area contributed by atoms with Crippen molar-refractivity contribution in [2.45, 2.75) is 23.9 Å². The summed E-state index contributed by atoms with van der Waals surface area (Å²) in [7, 11) is 0. The van der Waals surface area contributed by atoms with Gasteiger partial charge >= 0.3 is 5.69 Å². The molecule has 0 radical (unpaired) electrons. The maximum absolute atomic E-state index is 14.7. The zero-order valence-corrected chi connectivity index (χ0v) is 14.0. The molecule has 1 aromatic carbocycles. The predicted octanol–water partition coefficient (Wildman–Crippen LogP) is -0.0384. The van der Waals surface area contributed by atoms with Crippen molar-refractivity contribution in [3.05, 3.63) is 38.8 Å². The summed E-state index contributed by atoms with van der Waals surface area (Å²) in [5, 5.41) is -0.107. The van der Waals surface area contributed by atoms with Crippen LogP contribution < -0.4 is 27.7 Å². The molecule has 1 aliphatic heterocycles. The summed E-state index contributed by atoms with van der Waals surface area (Å²) in [6.07, 6.45) is 0.615. The number of alkyl halides is 1. The summed E-state index contributed by atoms with van der Waals surface area (Å²) in [6, 6.07) is 2.71. The molecule has 2 aromatic rings. The van der Waals surface area contributed by atoms with Crippen molar-refractivity contribution >= 4 is 28.2 Å². The zero-order chi connectivity index (χ0) is 17.6. The standard InChI is InChI=1S/C16H17ClFN5O2/c17-9-2-12(9)22-11-3-13(21-4-7-8(5-21)14(7)19)10(18)1-6(11)15(24)23(20)16(22)25/h1,3,7-9,12,14H,2,4-5,19-20H2. The fourth-order valence-electron chi connectivity index (χ4n) is 4.11. The molecule has 2 aliphatic carbocycles. The highest BCUT2D eigenvalue weighted by molar-refractivity contribution is 6.22. The molecule has 3 aliphatic rings. The Balaban J connectivity index is 1.71. The number of nitrogens with two attached hydrogens (primary N) is 2. The van der Waals surface area contributed by atoms with E-state index in [1.54, 1.807) is 6.07 Å². The molecular weight excluding hydrogens is 349 g/mol. The van der Waals surface area contributed by atoms with Gasteiger partial charge in [-0.15, -0.1) is 11.6 Å². The summed E-state index contributed by atoms with van der Waals surface area (Å²) in [4.78, 5) is 26.7. The maximum atomic E-state index is 14.7. The fraction of sp³-hybridized carbons (Fsp3) is 0.500. The molecule has 4 N–H and O–H groups in total. The first-order chi connectivity index (χ1) is 11.9. The lowest BCUT2D eigenvalue weighted by Crippen LogP contribution is -2.44. The molecule has 2 heterocycles. The van der Waals surface area contributed by atoms with E-state index in [2.05, 4.69) is 0 Å². The van der Waals surface area contributed by atoms with Crippen LogP contribution in [-0.2, 0) is 0 Å². The summed E-state index contributed by atoms with van der Waals surface area (Å²) >= 11 is 6.10. The van der Waals surface area contributed by atoms with Crippen molar-refractivity contribution in [1.29, 1.82) is 0 Å². The van der Waals surface area contributed by atoms with Gasteiger partial charge in [-0.1, -0.05) is 0 Å². The number of halogens is 2. The molecule has 7 nitrogen and oxygen atoms in total. The van der Waals surface area contributed by atoms with Crippen molar-refractivity contribution in [3.63, 3.8) is 0 Å². The molecule has 9 heteroatoms. The SMILES string of the molecule is NC1C2CN(c3cc4c(cc3F)c(=O)n(N)c(=O)n4C3CC3Cl)CC12. The Morgan fingerprint density at radius 3 is 2.44 bits per heavy atom. The van der Waals surface area contributed by atoms with Gasteiger partial charge in [-0.2, -0.15) is 4.68 Å². The van der Waals surface area contributed by atoms with Gasteiger partial charge in [0, 0.05) is 19.1 Å². The van der Waals surface area contributed by atoms with Crippen LogP contribution in [0.2, 0.25) is 0 Å². The molecule has 3 fully saturated rings. The lowest BCUT2D eigenvalue weighted by Gasteiger charge is -2.23. The molecule has 4 unspecified atom stereocenters. The molecule has 0 amide bonds. The molecule has 2 saturated carbocycles. The van der Waals surface area contributed by atoms with Crippen molar-refractivity contribution < 1.29 is 4.39 Å². The van der Waals surface area contributed by atoms with E-state index in [9.17, 15) is 14.0 Å². The van der Waals surface area contributed by atoms with Crippen LogP contribution in [0.5, 0.6) is 0 Å². The topological polar surface area (TPSA) is 99.3 Å². The van der Waals surface area contributed by atoms with E-state index in [-0.39, 0.29) is 22.8 Å². The van der Waals surface area contributed by atoms with Crippen LogP contribution in [0.15, 0.2) is 21.7 Å². The Kier molecular flexibility index (Phi) is 2.90. The first-order valence-electron chi connectivity index (χ1n) is 8.29. The zero-order valence-electron chi connectivity index (χ0n) is 13.2. The highest BCUT2D eigenvalue weighted by atomic mass is 35.5. The highest BCUT2D eigenvalue weighted by Gasteiger charge is 2.54. The van der Waals surface area contributed by atoms with Gasteiger partial charge in [-0.05, 0) is 30.4 Å². The van der Waals surface area contributed by atoms with Crippen LogP contribution in [-0.4, -0.2) is 33.8 Å². The minimum absolute atomic E-state index is 0.0835. The van der Waals surface area contributed by atoms with Gasteiger partial charge in [0.25, 0.3) is 5.56 Å². The van der Waals surface area contributed by atoms with E-state index < -0.39 is 17.1 Å². The van der Waals surface area contributed by atoms with Crippen LogP contribution in [0, 0.1) is 17.7 Å². The third-order valence-electron chi connectivity index (χ3n) is 5.80. The lowest BCUT2D eigenvalue weighted by molar-refractivity contribution is 0.614. The molecule has 0 bridgehead atoms. The average molecular weight is 366 g/mol. The van der Waals surface area contributed by atoms with E-state index in [4.69, 9.17) is 23.2 Å². The van der Waals surface area contributed by atoms with Crippen molar-refractivity contribution in [2.75, 3.05) is 23.8 Å². The van der Waals surface area contributed by atoms with Crippen molar-refractivity contribution in [1.82, 2.24) is 9.24 Å². The van der Waals surface area contributed by atoms with Crippen LogP contribution in [0.25, 0.3) is 10.9 Å². The Morgan fingerprint density at radius 2 is 1.84 bits per heavy atom. The van der Waals surface area contributed by atoms with Crippen LogP contribution in [0.4, 0.5) is 10.1 Å². The van der Waals surface area contributed by atoms with Gasteiger partial charge < -0.3 is 16.5 Å². The third-order valence-corrected chi connectivity index (χ3v) is 6.27. The van der Waals surface area contributed by atoms with Crippen LogP contribution >= 0.6 is 11.6 Å². The third kappa shape index (κ3) is 2.01. The molecule has 25 heavy (non-hydrogen) atoms. The fourth-order valence-corrected chi connectivity index (χ4v) is 4.40. The number of fused-ring (bicyclic) bond motifs is 2. The van der Waals surface area contributed by atoms with E-state index in [0.29, 0.717) is 47.2 Å². The largest absolute Gasteiger partial charge is 0.368 e. The number of benzene rings is 1.